The average Bonchev–Trinajstić information content (AvgIpc) is 2.72. The largest absolute Gasteiger partial charge is 0.295 e. The second-order valence-electron chi connectivity index (χ2n) is 3.56. The maximum atomic E-state index is 11.3. The van der Waals surface area contributed by atoms with E-state index in [9.17, 15) is 4.79 Å². The molecular weight excluding hydrogens is 316 g/mol. The first-order valence-electron chi connectivity index (χ1n) is 5.12. The monoisotopic (exact) mass is 326 g/mol. The average molecular weight is 327 g/mol. The van der Waals surface area contributed by atoms with Gasteiger partial charge in [-0.25, -0.2) is 0 Å². The van der Waals surface area contributed by atoms with Crippen LogP contribution in [0.15, 0.2) is 45.1 Å². The highest BCUT2D eigenvalue weighted by molar-refractivity contribution is 9.10. The van der Waals surface area contributed by atoms with Gasteiger partial charge in [-0.05, 0) is 46.4 Å². The van der Waals surface area contributed by atoms with E-state index >= 15 is 0 Å². The molecule has 0 aliphatic carbocycles. The maximum absolute atomic E-state index is 11.3. The van der Waals surface area contributed by atoms with Gasteiger partial charge in [0.05, 0.1) is 0 Å². The predicted octanol–water partition coefficient (Wildman–Crippen LogP) is 5.01. The molecule has 0 N–H and O–H groups in total. The van der Waals surface area contributed by atoms with E-state index in [1.807, 2.05) is 24.3 Å². The van der Waals surface area contributed by atoms with E-state index < -0.39 is 0 Å². The lowest BCUT2D eigenvalue weighted by Gasteiger charge is -2.02. The highest BCUT2D eigenvalue weighted by Crippen LogP contribution is 2.30. The van der Waals surface area contributed by atoms with E-state index in [4.69, 9.17) is 0 Å². The molecule has 0 fully saturated rings. The van der Waals surface area contributed by atoms with Crippen LogP contribution in [0.5, 0.6) is 0 Å². The number of rotatable bonds is 4. The third-order valence-electron chi connectivity index (χ3n) is 2.30. The molecular formula is C13H11BrOS2. The molecule has 0 saturated heterocycles. The number of ketones is 1. The SMILES string of the molecule is CC(=O)c1cccc(SCc2sccc2Br)c1. The maximum Gasteiger partial charge on any atom is 0.159 e. The van der Waals surface area contributed by atoms with Crippen molar-refractivity contribution in [3.05, 3.63) is 50.6 Å². The Labute approximate surface area is 117 Å². The Kier molecular flexibility index (Phi) is 4.42. The van der Waals surface area contributed by atoms with Crippen LogP contribution in [-0.4, -0.2) is 5.78 Å². The Bertz CT molecular complexity index is 534. The molecule has 0 unspecified atom stereocenters. The molecule has 0 atom stereocenters. The van der Waals surface area contributed by atoms with Gasteiger partial charge >= 0.3 is 0 Å². The van der Waals surface area contributed by atoms with Crippen molar-refractivity contribution in [2.45, 2.75) is 17.6 Å². The molecule has 17 heavy (non-hydrogen) atoms. The Hall–Kier alpha value is -0.580. The Morgan fingerprint density at radius 1 is 1.41 bits per heavy atom. The van der Waals surface area contributed by atoms with Gasteiger partial charge in [-0.1, -0.05) is 12.1 Å². The van der Waals surface area contributed by atoms with Gasteiger partial charge in [-0.3, -0.25) is 4.79 Å². The van der Waals surface area contributed by atoms with Crippen molar-refractivity contribution >= 4 is 44.8 Å². The number of thioether (sulfide) groups is 1. The van der Waals surface area contributed by atoms with Gasteiger partial charge in [0.25, 0.3) is 0 Å². The number of benzene rings is 1. The number of thiophene rings is 1. The summed E-state index contributed by atoms with van der Waals surface area (Å²) in [7, 11) is 0. The molecule has 2 aromatic rings. The van der Waals surface area contributed by atoms with Crippen molar-refractivity contribution in [2.24, 2.45) is 0 Å². The Morgan fingerprint density at radius 2 is 2.24 bits per heavy atom. The summed E-state index contributed by atoms with van der Waals surface area (Å²) >= 11 is 7.02. The second-order valence-corrected chi connectivity index (χ2v) is 6.47. The fourth-order valence-electron chi connectivity index (χ4n) is 1.38. The van der Waals surface area contributed by atoms with Crippen molar-refractivity contribution < 1.29 is 4.79 Å². The van der Waals surface area contributed by atoms with Gasteiger partial charge < -0.3 is 0 Å². The van der Waals surface area contributed by atoms with Crippen molar-refractivity contribution in [2.75, 3.05) is 0 Å². The molecule has 2 rings (SSSR count). The zero-order valence-corrected chi connectivity index (χ0v) is 12.5. The number of Topliss-reactive ketones (excluding diaryl/α,β-unsaturated/α-hetero) is 1. The van der Waals surface area contributed by atoms with Crippen molar-refractivity contribution in [1.82, 2.24) is 0 Å². The lowest BCUT2D eigenvalue weighted by atomic mass is 10.2. The number of carbonyl (C=O) groups excluding carboxylic acids is 1. The van der Waals surface area contributed by atoms with Gasteiger partial charge in [0.1, 0.15) is 0 Å². The molecule has 0 radical (unpaired) electrons. The number of hydrogen-bond acceptors (Lipinski definition) is 3. The lowest BCUT2D eigenvalue weighted by molar-refractivity contribution is 0.101. The van der Waals surface area contributed by atoms with E-state index in [0.29, 0.717) is 0 Å². The first-order valence-corrected chi connectivity index (χ1v) is 7.78. The minimum Gasteiger partial charge on any atom is -0.295 e. The predicted molar refractivity (Wildman–Crippen MR) is 78.0 cm³/mol. The summed E-state index contributed by atoms with van der Waals surface area (Å²) in [6.07, 6.45) is 0. The van der Waals surface area contributed by atoms with Crippen LogP contribution < -0.4 is 0 Å². The fraction of sp³-hybridized carbons (Fsp3) is 0.154. The zero-order chi connectivity index (χ0) is 12.3. The zero-order valence-electron chi connectivity index (χ0n) is 9.27. The van der Waals surface area contributed by atoms with E-state index in [1.165, 1.54) is 4.88 Å². The topological polar surface area (TPSA) is 17.1 Å². The first kappa shape index (κ1) is 12.9. The second kappa shape index (κ2) is 5.85. The number of hydrogen-bond donors (Lipinski definition) is 0. The van der Waals surface area contributed by atoms with Gasteiger partial charge in [-0.2, -0.15) is 0 Å². The summed E-state index contributed by atoms with van der Waals surface area (Å²) in [6.45, 7) is 1.60. The van der Waals surface area contributed by atoms with Gasteiger partial charge in [0.15, 0.2) is 5.78 Å². The molecule has 1 aromatic carbocycles. The summed E-state index contributed by atoms with van der Waals surface area (Å²) in [4.78, 5) is 13.7. The van der Waals surface area contributed by atoms with Gasteiger partial charge in [-0.15, -0.1) is 23.1 Å². The molecule has 4 heteroatoms. The molecule has 88 valence electrons. The van der Waals surface area contributed by atoms with Crippen LogP contribution in [-0.2, 0) is 5.75 Å². The summed E-state index contributed by atoms with van der Waals surface area (Å²) in [6, 6.07) is 9.84. The summed E-state index contributed by atoms with van der Waals surface area (Å²) in [5, 5.41) is 2.08. The fourth-order valence-corrected chi connectivity index (χ4v) is 4.13. The molecule has 1 aromatic heterocycles. The smallest absolute Gasteiger partial charge is 0.159 e. The number of halogens is 1. The summed E-state index contributed by atoms with van der Waals surface area (Å²) in [5.74, 6) is 1.05. The van der Waals surface area contributed by atoms with Crippen LogP contribution in [0.1, 0.15) is 22.2 Å². The van der Waals surface area contributed by atoms with Gasteiger partial charge in [0.2, 0.25) is 0 Å². The van der Waals surface area contributed by atoms with Crippen LogP contribution in [0.4, 0.5) is 0 Å². The van der Waals surface area contributed by atoms with Crippen LogP contribution in [0.2, 0.25) is 0 Å². The third kappa shape index (κ3) is 3.44. The normalized spacial score (nSPS) is 10.5. The van der Waals surface area contributed by atoms with E-state index in [1.54, 1.807) is 30.0 Å². The highest BCUT2D eigenvalue weighted by Gasteiger charge is 2.04. The molecule has 1 nitrogen and oxygen atoms in total. The Balaban J connectivity index is 2.07. The van der Waals surface area contributed by atoms with Crippen molar-refractivity contribution in [1.29, 1.82) is 0 Å². The van der Waals surface area contributed by atoms with Gasteiger partial charge in [0, 0.05) is 25.6 Å². The summed E-state index contributed by atoms with van der Waals surface area (Å²) < 4.78 is 1.16. The quantitative estimate of drug-likeness (QED) is 0.580. The molecule has 1 heterocycles. The van der Waals surface area contributed by atoms with Crippen molar-refractivity contribution in [3.63, 3.8) is 0 Å². The van der Waals surface area contributed by atoms with Crippen LogP contribution in [0, 0.1) is 0 Å². The standard InChI is InChI=1S/C13H11BrOS2/c1-9(15)10-3-2-4-11(7-10)17-8-13-12(14)5-6-16-13/h2-7H,8H2,1H3. The molecule has 0 spiro atoms. The van der Waals surface area contributed by atoms with Crippen LogP contribution >= 0.6 is 39.0 Å². The van der Waals surface area contributed by atoms with Crippen molar-refractivity contribution in [3.8, 4) is 0 Å². The first-order chi connectivity index (χ1) is 8.16. The van der Waals surface area contributed by atoms with E-state index in [2.05, 4.69) is 27.4 Å². The molecule has 0 aliphatic heterocycles. The molecule has 0 amide bonds. The molecule has 0 aliphatic rings. The summed E-state index contributed by atoms with van der Waals surface area (Å²) in [5.41, 5.74) is 0.778. The minimum absolute atomic E-state index is 0.116. The molecule has 0 bridgehead atoms. The van der Waals surface area contributed by atoms with E-state index in [0.717, 1.165) is 20.7 Å². The highest BCUT2D eigenvalue weighted by atomic mass is 79.9. The molecule has 0 saturated carbocycles. The van der Waals surface area contributed by atoms with E-state index in [-0.39, 0.29) is 5.78 Å². The Morgan fingerprint density at radius 3 is 2.88 bits per heavy atom. The van der Waals surface area contributed by atoms with Crippen LogP contribution in [0.25, 0.3) is 0 Å². The third-order valence-corrected chi connectivity index (χ3v) is 5.43. The number of carbonyl (C=O) groups is 1. The van der Waals surface area contributed by atoms with Crippen LogP contribution in [0.3, 0.4) is 0 Å². The minimum atomic E-state index is 0.116. The lowest BCUT2D eigenvalue weighted by Crippen LogP contribution is -1.91.